The molecule has 0 aromatic rings. The molecule has 0 spiro atoms. The summed E-state index contributed by atoms with van der Waals surface area (Å²) >= 11 is 0. The van der Waals surface area contributed by atoms with Crippen molar-refractivity contribution in [2.24, 2.45) is 17.1 Å². The number of hydrogen-bond acceptors (Lipinski definition) is 1. The zero-order valence-corrected chi connectivity index (χ0v) is 7.87. The van der Waals surface area contributed by atoms with Crippen molar-refractivity contribution in [3.63, 3.8) is 0 Å². The van der Waals surface area contributed by atoms with Crippen LogP contribution in [0.25, 0.3) is 0 Å². The first-order chi connectivity index (χ1) is 4.13. The summed E-state index contributed by atoms with van der Waals surface area (Å²) in [5.41, 5.74) is 6.34. The van der Waals surface area contributed by atoms with E-state index in [0.29, 0.717) is 11.5 Å². The van der Waals surface area contributed by atoms with Gasteiger partial charge in [0.25, 0.3) is 0 Å². The summed E-state index contributed by atoms with van der Waals surface area (Å²) in [6, 6.07) is 0.502. The van der Waals surface area contributed by atoms with Gasteiger partial charge in [-0.25, -0.2) is 0 Å². The van der Waals surface area contributed by atoms with E-state index in [0.717, 1.165) is 5.92 Å². The van der Waals surface area contributed by atoms with Crippen molar-refractivity contribution in [3.05, 3.63) is 0 Å². The first-order valence-electron chi connectivity index (χ1n) is 3.89. The molecule has 0 saturated heterocycles. The van der Waals surface area contributed by atoms with Gasteiger partial charge in [-0.15, -0.1) is 12.4 Å². The molecule has 0 bridgehead atoms. The molecule has 1 aliphatic carbocycles. The molecule has 2 unspecified atom stereocenters. The molecule has 2 N–H and O–H groups in total. The molecular weight excluding hydrogens is 146 g/mol. The van der Waals surface area contributed by atoms with Gasteiger partial charge in [-0.1, -0.05) is 20.8 Å². The molecule has 1 aliphatic rings. The Labute approximate surface area is 69.8 Å². The number of halogens is 1. The van der Waals surface area contributed by atoms with E-state index < -0.39 is 0 Å². The molecule has 0 aromatic carbocycles. The van der Waals surface area contributed by atoms with Gasteiger partial charge in [0.2, 0.25) is 0 Å². The van der Waals surface area contributed by atoms with Crippen molar-refractivity contribution < 1.29 is 0 Å². The normalized spacial score (nSPS) is 37.5. The van der Waals surface area contributed by atoms with Crippen LogP contribution in [0, 0.1) is 11.3 Å². The molecule has 0 aliphatic heterocycles. The Morgan fingerprint density at radius 3 is 2.00 bits per heavy atom. The van der Waals surface area contributed by atoms with E-state index in [1.165, 1.54) is 12.8 Å². The average Bonchev–Trinajstić information content (AvgIpc) is 2.43. The molecule has 10 heavy (non-hydrogen) atoms. The first kappa shape index (κ1) is 10.2. The molecule has 0 amide bonds. The van der Waals surface area contributed by atoms with E-state index >= 15 is 0 Å². The molecule has 62 valence electrons. The van der Waals surface area contributed by atoms with Gasteiger partial charge in [-0.3, -0.25) is 0 Å². The number of nitrogens with two attached hydrogens (primary N) is 1. The van der Waals surface area contributed by atoms with Crippen LogP contribution >= 0.6 is 12.4 Å². The molecule has 0 radical (unpaired) electrons. The second-order valence-electron chi connectivity index (χ2n) is 3.55. The quantitative estimate of drug-likeness (QED) is 0.664. The molecule has 1 fully saturated rings. The van der Waals surface area contributed by atoms with Crippen LogP contribution in [0.5, 0.6) is 0 Å². The lowest BCUT2D eigenvalue weighted by Crippen LogP contribution is -2.18. The van der Waals surface area contributed by atoms with Crippen LogP contribution in [0.2, 0.25) is 0 Å². The molecule has 1 nitrogen and oxygen atoms in total. The summed E-state index contributed by atoms with van der Waals surface area (Å²) in [6.07, 6.45) is 2.51. The largest absolute Gasteiger partial charge is 0.327 e. The lowest BCUT2D eigenvalue weighted by molar-refractivity contribution is 0.334. The monoisotopic (exact) mass is 163 g/mol. The molecule has 2 heteroatoms. The van der Waals surface area contributed by atoms with Gasteiger partial charge in [0.15, 0.2) is 0 Å². The summed E-state index contributed by atoms with van der Waals surface area (Å²) in [4.78, 5) is 0. The van der Waals surface area contributed by atoms with Gasteiger partial charge in [0.05, 0.1) is 0 Å². The predicted molar refractivity (Wildman–Crippen MR) is 47.4 cm³/mol. The smallest absolute Gasteiger partial charge is 0.0104 e. The fourth-order valence-electron chi connectivity index (χ4n) is 1.83. The highest BCUT2D eigenvalue weighted by Crippen LogP contribution is 2.53. The van der Waals surface area contributed by atoms with Gasteiger partial charge in [-0.05, 0) is 24.2 Å². The van der Waals surface area contributed by atoms with Crippen LogP contribution in [0.3, 0.4) is 0 Å². The van der Waals surface area contributed by atoms with E-state index in [4.69, 9.17) is 5.73 Å². The Kier molecular flexibility index (Phi) is 3.18. The van der Waals surface area contributed by atoms with Crippen LogP contribution in [-0.2, 0) is 0 Å². The summed E-state index contributed by atoms with van der Waals surface area (Å²) < 4.78 is 0. The van der Waals surface area contributed by atoms with E-state index in [-0.39, 0.29) is 12.4 Å². The second kappa shape index (κ2) is 3.10. The molecule has 2 atom stereocenters. The molecule has 0 heterocycles. The minimum atomic E-state index is 0. The average molecular weight is 164 g/mol. The Bertz CT molecular complexity index is 110. The lowest BCUT2D eigenvalue weighted by atomic mass is 9.89. The molecule has 0 aromatic heterocycles. The highest BCUT2D eigenvalue weighted by molar-refractivity contribution is 5.85. The fraction of sp³-hybridized carbons (Fsp3) is 1.00. The van der Waals surface area contributed by atoms with Gasteiger partial charge < -0.3 is 5.73 Å². The Hall–Kier alpha value is 0.250. The van der Waals surface area contributed by atoms with Crippen molar-refractivity contribution in [2.75, 3.05) is 0 Å². The topological polar surface area (TPSA) is 26.0 Å². The summed E-state index contributed by atoms with van der Waals surface area (Å²) in [7, 11) is 0. The molecule has 1 rings (SSSR count). The van der Waals surface area contributed by atoms with E-state index in [9.17, 15) is 0 Å². The van der Waals surface area contributed by atoms with E-state index in [1.807, 2.05) is 0 Å². The lowest BCUT2D eigenvalue weighted by Gasteiger charge is -2.17. The van der Waals surface area contributed by atoms with Crippen LogP contribution < -0.4 is 5.73 Å². The maximum atomic E-state index is 5.81. The Morgan fingerprint density at radius 1 is 1.60 bits per heavy atom. The highest BCUT2D eigenvalue weighted by atomic mass is 35.5. The number of rotatable bonds is 2. The minimum absolute atomic E-state index is 0. The van der Waals surface area contributed by atoms with E-state index in [2.05, 4.69) is 20.8 Å². The van der Waals surface area contributed by atoms with Gasteiger partial charge in [-0.2, -0.15) is 0 Å². The summed E-state index contributed by atoms with van der Waals surface area (Å²) in [5.74, 6) is 0.775. The van der Waals surface area contributed by atoms with Crippen molar-refractivity contribution >= 4 is 12.4 Å². The van der Waals surface area contributed by atoms with Crippen LogP contribution in [-0.4, -0.2) is 6.04 Å². The third-order valence-electron chi connectivity index (χ3n) is 2.99. The van der Waals surface area contributed by atoms with Crippen molar-refractivity contribution in [1.29, 1.82) is 0 Å². The van der Waals surface area contributed by atoms with Gasteiger partial charge in [0.1, 0.15) is 0 Å². The third-order valence-corrected chi connectivity index (χ3v) is 2.99. The molecular formula is C8H18ClN. The zero-order valence-electron chi connectivity index (χ0n) is 7.05. The van der Waals surface area contributed by atoms with Gasteiger partial charge in [0, 0.05) is 6.04 Å². The van der Waals surface area contributed by atoms with Crippen LogP contribution in [0.4, 0.5) is 0 Å². The SMILES string of the molecule is CCC1(C(C)C)CC1N.Cl. The van der Waals surface area contributed by atoms with Crippen molar-refractivity contribution in [2.45, 2.75) is 39.7 Å². The maximum Gasteiger partial charge on any atom is 0.0104 e. The summed E-state index contributed by atoms with van der Waals surface area (Å²) in [5, 5.41) is 0. The minimum Gasteiger partial charge on any atom is -0.327 e. The van der Waals surface area contributed by atoms with E-state index in [1.54, 1.807) is 0 Å². The van der Waals surface area contributed by atoms with Crippen molar-refractivity contribution in [3.8, 4) is 0 Å². The van der Waals surface area contributed by atoms with Crippen LogP contribution in [0.15, 0.2) is 0 Å². The first-order valence-corrected chi connectivity index (χ1v) is 3.89. The second-order valence-corrected chi connectivity index (χ2v) is 3.55. The number of hydrogen-bond donors (Lipinski definition) is 1. The standard InChI is InChI=1S/C8H17N.ClH/c1-4-8(6(2)3)5-7(8)9;/h6-7H,4-5,9H2,1-3H3;1H. The van der Waals surface area contributed by atoms with Crippen LogP contribution in [0.1, 0.15) is 33.6 Å². The Morgan fingerprint density at radius 2 is 2.00 bits per heavy atom. The predicted octanol–water partition coefficient (Wildman–Crippen LogP) is 2.19. The fourth-order valence-corrected chi connectivity index (χ4v) is 1.83. The van der Waals surface area contributed by atoms with Crippen molar-refractivity contribution in [1.82, 2.24) is 0 Å². The summed E-state index contributed by atoms with van der Waals surface area (Å²) in [6.45, 7) is 6.79. The van der Waals surface area contributed by atoms with Gasteiger partial charge >= 0.3 is 0 Å². The maximum absolute atomic E-state index is 5.81. The molecule has 1 saturated carbocycles. The Balaban J connectivity index is 0.000000810. The highest BCUT2D eigenvalue weighted by Gasteiger charge is 2.52. The zero-order chi connectivity index (χ0) is 7.07. The third kappa shape index (κ3) is 1.30.